The Bertz CT molecular complexity index is 1250. The van der Waals surface area contributed by atoms with Crippen LogP contribution in [0.3, 0.4) is 0 Å². The van der Waals surface area contributed by atoms with Crippen LogP contribution in [-0.2, 0) is 13.0 Å². The number of ether oxygens (including phenoxy) is 1. The predicted octanol–water partition coefficient (Wildman–Crippen LogP) is 5.75. The molecule has 6 heteroatoms. The predicted molar refractivity (Wildman–Crippen MR) is 133 cm³/mol. The molecule has 4 rings (SSSR count). The van der Waals surface area contributed by atoms with Gasteiger partial charge in [0, 0.05) is 30.1 Å². The summed E-state index contributed by atoms with van der Waals surface area (Å²) in [5, 5.41) is 3.59. The SMILES string of the molecule is Cc1ccc(OCCCn2c(CCNC(=O)c3ccc(Cl)cc3)nc3ccccc32)c(C)c1. The van der Waals surface area contributed by atoms with Crippen LogP contribution in [0.25, 0.3) is 11.0 Å². The molecule has 0 aliphatic heterocycles. The Morgan fingerprint density at radius 1 is 1.06 bits per heavy atom. The summed E-state index contributed by atoms with van der Waals surface area (Å²) in [5.41, 5.74) is 5.05. The zero-order chi connectivity index (χ0) is 23.2. The first-order valence-electron chi connectivity index (χ1n) is 11.2. The monoisotopic (exact) mass is 461 g/mol. The summed E-state index contributed by atoms with van der Waals surface area (Å²) in [7, 11) is 0. The van der Waals surface area contributed by atoms with Crippen molar-refractivity contribution in [2.24, 2.45) is 0 Å². The first kappa shape index (κ1) is 22.9. The molecule has 0 saturated carbocycles. The van der Waals surface area contributed by atoms with E-state index in [1.54, 1.807) is 24.3 Å². The lowest BCUT2D eigenvalue weighted by atomic mass is 10.1. The number of fused-ring (bicyclic) bond motifs is 1. The number of benzene rings is 3. The van der Waals surface area contributed by atoms with Gasteiger partial charge in [-0.15, -0.1) is 0 Å². The Kier molecular flexibility index (Phi) is 7.30. The lowest BCUT2D eigenvalue weighted by molar-refractivity contribution is 0.0954. The van der Waals surface area contributed by atoms with Gasteiger partial charge in [-0.2, -0.15) is 0 Å². The molecule has 1 heterocycles. The number of carbonyl (C=O) groups is 1. The molecule has 1 amide bonds. The molecule has 5 nitrogen and oxygen atoms in total. The third-order valence-electron chi connectivity index (χ3n) is 5.59. The van der Waals surface area contributed by atoms with Crippen molar-refractivity contribution in [1.82, 2.24) is 14.9 Å². The van der Waals surface area contributed by atoms with Crippen LogP contribution in [0, 0.1) is 13.8 Å². The fourth-order valence-corrected chi connectivity index (χ4v) is 4.05. The van der Waals surface area contributed by atoms with E-state index in [-0.39, 0.29) is 5.91 Å². The molecule has 170 valence electrons. The molecule has 0 saturated heterocycles. The fraction of sp³-hybridized carbons (Fsp3) is 0.259. The number of carbonyl (C=O) groups excluding carboxylic acids is 1. The van der Waals surface area contributed by atoms with Crippen molar-refractivity contribution in [3.63, 3.8) is 0 Å². The van der Waals surface area contributed by atoms with Crippen molar-refractivity contribution in [2.45, 2.75) is 33.2 Å². The number of rotatable bonds is 9. The number of aryl methyl sites for hydroxylation is 3. The topological polar surface area (TPSA) is 56.1 Å². The van der Waals surface area contributed by atoms with Crippen LogP contribution in [-0.4, -0.2) is 28.6 Å². The molecule has 1 aromatic heterocycles. The van der Waals surface area contributed by atoms with Crippen molar-refractivity contribution in [2.75, 3.05) is 13.2 Å². The number of amides is 1. The van der Waals surface area contributed by atoms with Crippen molar-refractivity contribution in [3.05, 3.63) is 94.3 Å². The summed E-state index contributed by atoms with van der Waals surface area (Å²) in [6, 6.07) is 21.3. The van der Waals surface area contributed by atoms with Crippen LogP contribution in [0.15, 0.2) is 66.7 Å². The van der Waals surface area contributed by atoms with Gasteiger partial charge in [0.1, 0.15) is 11.6 Å². The molecule has 0 radical (unpaired) electrons. The van der Waals surface area contributed by atoms with Crippen LogP contribution < -0.4 is 10.1 Å². The van der Waals surface area contributed by atoms with E-state index in [2.05, 4.69) is 41.9 Å². The van der Waals surface area contributed by atoms with Gasteiger partial charge in [-0.25, -0.2) is 4.98 Å². The number of nitrogens with one attached hydrogen (secondary N) is 1. The molecule has 0 unspecified atom stereocenters. The maximum absolute atomic E-state index is 12.4. The summed E-state index contributed by atoms with van der Waals surface area (Å²) < 4.78 is 8.24. The first-order valence-corrected chi connectivity index (χ1v) is 11.6. The molecular formula is C27H28ClN3O2. The largest absolute Gasteiger partial charge is 0.493 e. The van der Waals surface area contributed by atoms with Crippen LogP contribution in [0.5, 0.6) is 5.75 Å². The number of hydrogen-bond donors (Lipinski definition) is 1. The molecule has 0 atom stereocenters. The summed E-state index contributed by atoms with van der Waals surface area (Å²) in [6.45, 7) is 6.08. The normalized spacial score (nSPS) is 11.0. The summed E-state index contributed by atoms with van der Waals surface area (Å²) >= 11 is 5.91. The smallest absolute Gasteiger partial charge is 0.251 e. The van der Waals surface area contributed by atoms with Gasteiger partial charge in [0.25, 0.3) is 5.91 Å². The number of nitrogens with zero attached hydrogens (tertiary/aromatic N) is 2. The first-order chi connectivity index (χ1) is 16.0. The molecule has 4 aromatic rings. The van der Waals surface area contributed by atoms with Crippen LogP contribution in [0.1, 0.15) is 33.7 Å². The van der Waals surface area contributed by atoms with Crippen molar-refractivity contribution in [1.29, 1.82) is 0 Å². The Labute approximate surface area is 199 Å². The fourth-order valence-electron chi connectivity index (χ4n) is 3.92. The standard InChI is InChI=1S/C27H28ClN3O2/c1-19-8-13-25(20(2)18-19)33-17-5-16-31-24-7-4-3-6-23(24)30-26(31)14-15-29-27(32)21-9-11-22(28)12-10-21/h3-4,6-13,18H,5,14-17H2,1-2H3,(H,29,32). The van der Waals surface area contributed by atoms with E-state index in [0.717, 1.165) is 41.1 Å². The molecule has 0 bridgehead atoms. The zero-order valence-electron chi connectivity index (χ0n) is 19.0. The van der Waals surface area contributed by atoms with E-state index >= 15 is 0 Å². The Morgan fingerprint density at radius 2 is 1.85 bits per heavy atom. The zero-order valence-corrected chi connectivity index (χ0v) is 19.7. The third kappa shape index (κ3) is 5.74. The number of halogens is 1. The molecule has 0 aliphatic rings. The highest BCUT2D eigenvalue weighted by Crippen LogP contribution is 2.20. The van der Waals surface area contributed by atoms with Gasteiger partial charge in [-0.05, 0) is 68.3 Å². The van der Waals surface area contributed by atoms with E-state index in [9.17, 15) is 4.79 Å². The second-order valence-electron chi connectivity index (χ2n) is 8.15. The van der Waals surface area contributed by atoms with Crippen LogP contribution in [0.2, 0.25) is 5.02 Å². The van der Waals surface area contributed by atoms with Crippen LogP contribution >= 0.6 is 11.6 Å². The van der Waals surface area contributed by atoms with Crippen molar-refractivity contribution < 1.29 is 9.53 Å². The van der Waals surface area contributed by atoms with E-state index < -0.39 is 0 Å². The average molecular weight is 462 g/mol. The van der Waals surface area contributed by atoms with Gasteiger partial charge in [-0.1, -0.05) is 41.4 Å². The van der Waals surface area contributed by atoms with Crippen molar-refractivity contribution in [3.8, 4) is 5.75 Å². The maximum Gasteiger partial charge on any atom is 0.251 e. The Morgan fingerprint density at radius 3 is 2.64 bits per heavy atom. The third-order valence-corrected chi connectivity index (χ3v) is 5.84. The molecule has 3 aromatic carbocycles. The quantitative estimate of drug-likeness (QED) is 0.323. The minimum atomic E-state index is -0.115. The second-order valence-corrected chi connectivity index (χ2v) is 8.59. The molecular weight excluding hydrogens is 434 g/mol. The van der Waals surface area contributed by atoms with E-state index in [4.69, 9.17) is 21.3 Å². The number of imidazole rings is 1. The summed E-state index contributed by atoms with van der Waals surface area (Å²) in [5.74, 6) is 1.77. The minimum absolute atomic E-state index is 0.115. The van der Waals surface area contributed by atoms with Crippen LogP contribution in [0.4, 0.5) is 0 Å². The van der Waals surface area contributed by atoms with Gasteiger partial charge >= 0.3 is 0 Å². The lowest BCUT2D eigenvalue weighted by Crippen LogP contribution is -2.26. The summed E-state index contributed by atoms with van der Waals surface area (Å²) in [4.78, 5) is 17.2. The highest BCUT2D eigenvalue weighted by atomic mass is 35.5. The second kappa shape index (κ2) is 10.5. The Hall–Kier alpha value is -3.31. The average Bonchev–Trinajstić information content (AvgIpc) is 3.15. The Balaban J connectivity index is 1.37. The van der Waals surface area contributed by atoms with E-state index in [1.165, 1.54) is 5.56 Å². The molecule has 1 N–H and O–H groups in total. The molecule has 0 aliphatic carbocycles. The number of aromatic nitrogens is 2. The van der Waals surface area contributed by atoms with E-state index in [0.29, 0.717) is 30.2 Å². The number of para-hydroxylation sites is 2. The molecule has 0 spiro atoms. The highest BCUT2D eigenvalue weighted by molar-refractivity contribution is 6.30. The minimum Gasteiger partial charge on any atom is -0.493 e. The highest BCUT2D eigenvalue weighted by Gasteiger charge is 2.12. The van der Waals surface area contributed by atoms with Gasteiger partial charge in [0.05, 0.1) is 17.6 Å². The van der Waals surface area contributed by atoms with Gasteiger partial charge < -0.3 is 14.6 Å². The van der Waals surface area contributed by atoms with Crippen molar-refractivity contribution >= 4 is 28.5 Å². The summed E-state index contributed by atoms with van der Waals surface area (Å²) in [6.07, 6.45) is 1.50. The maximum atomic E-state index is 12.4. The number of hydrogen-bond acceptors (Lipinski definition) is 3. The molecule has 33 heavy (non-hydrogen) atoms. The van der Waals surface area contributed by atoms with Gasteiger partial charge in [0.15, 0.2) is 0 Å². The van der Waals surface area contributed by atoms with E-state index in [1.807, 2.05) is 24.3 Å². The molecule has 0 fully saturated rings. The lowest BCUT2D eigenvalue weighted by Gasteiger charge is -2.12. The van der Waals surface area contributed by atoms with Gasteiger partial charge in [-0.3, -0.25) is 4.79 Å². The van der Waals surface area contributed by atoms with Gasteiger partial charge in [0.2, 0.25) is 0 Å².